The first kappa shape index (κ1) is 19.2. The molecule has 1 amide bonds. The number of carbonyl (C=O) groups is 2. The molecule has 2 N–H and O–H groups in total. The van der Waals surface area contributed by atoms with Gasteiger partial charge in [0.2, 0.25) is 5.88 Å². The summed E-state index contributed by atoms with van der Waals surface area (Å²) in [6.07, 6.45) is 1.98. The molecule has 0 radical (unpaired) electrons. The minimum absolute atomic E-state index is 0.00806. The first-order valence-corrected chi connectivity index (χ1v) is 8.19. The van der Waals surface area contributed by atoms with E-state index in [4.69, 9.17) is 14.6 Å². The second-order valence-corrected chi connectivity index (χ2v) is 6.36. The maximum atomic E-state index is 12.0. The Morgan fingerprint density at radius 1 is 1.12 bits per heavy atom. The van der Waals surface area contributed by atoms with Gasteiger partial charge in [-0.1, -0.05) is 6.07 Å². The van der Waals surface area contributed by atoms with Gasteiger partial charge in [-0.15, -0.1) is 0 Å². The Morgan fingerprint density at radius 2 is 1.81 bits per heavy atom. The summed E-state index contributed by atoms with van der Waals surface area (Å²) in [5.41, 5.74) is -0.612. The van der Waals surface area contributed by atoms with Gasteiger partial charge in [0, 0.05) is 24.2 Å². The minimum Gasteiger partial charge on any atom is -0.484 e. The normalized spacial score (nSPS) is 10.8. The SMILES string of the molecule is CC(C)(CCC(=O)O)NC(=O)COc1ccc(Oc2ccccn2)cc1. The van der Waals surface area contributed by atoms with Gasteiger partial charge >= 0.3 is 5.97 Å². The molecule has 0 aliphatic heterocycles. The fourth-order valence-electron chi connectivity index (χ4n) is 2.18. The average molecular weight is 358 g/mol. The molecule has 0 saturated heterocycles. The standard InChI is InChI=1S/C19H22N2O5/c1-19(2,11-10-18(23)24)21-16(22)13-25-14-6-8-15(9-7-14)26-17-5-3-4-12-20-17/h3-9,12H,10-11,13H2,1-2H3,(H,21,22)(H,23,24). The number of rotatable bonds is 9. The van der Waals surface area contributed by atoms with E-state index in [0.29, 0.717) is 23.8 Å². The van der Waals surface area contributed by atoms with Crippen LogP contribution in [0.5, 0.6) is 17.4 Å². The highest BCUT2D eigenvalue weighted by Gasteiger charge is 2.21. The molecule has 0 atom stereocenters. The maximum Gasteiger partial charge on any atom is 0.303 e. The van der Waals surface area contributed by atoms with Crippen molar-refractivity contribution >= 4 is 11.9 Å². The number of nitrogens with one attached hydrogen (secondary N) is 1. The summed E-state index contributed by atoms with van der Waals surface area (Å²) in [5.74, 6) is 0.419. The number of carboxylic acids is 1. The molecular weight excluding hydrogens is 336 g/mol. The molecule has 0 fully saturated rings. The summed E-state index contributed by atoms with van der Waals surface area (Å²) in [5, 5.41) is 11.5. The molecule has 138 valence electrons. The van der Waals surface area contributed by atoms with E-state index in [-0.39, 0.29) is 18.9 Å². The molecule has 0 saturated carbocycles. The van der Waals surface area contributed by atoms with E-state index < -0.39 is 11.5 Å². The molecule has 2 aromatic rings. The number of ether oxygens (including phenoxy) is 2. The first-order valence-electron chi connectivity index (χ1n) is 8.19. The van der Waals surface area contributed by atoms with E-state index in [2.05, 4.69) is 10.3 Å². The molecule has 1 aromatic heterocycles. The largest absolute Gasteiger partial charge is 0.484 e. The Morgan fingerprint density at radius 3 is 2.42 bits per heavy atom. The number of carboxylic acid groups (broad SMARTS) is 1. The van der Waals surface area contributed by atoms with Gasteiger partial charge in [-0.3, -0.25) is 9.59 Å². The number of pyridine rings is 1. The van der Waals surface area contributed by atoms with Gasteiger partial charge in [-0.25, -0.2) is 4.98 Å². The average Bonchev–Trinajstić information content (AvgIpc) is 2.60. The summed E-state index contributed by atoms with van der Waals surface area (Å²) < 4.78 is 11.0. The Labute approximate surface area is 152 Å². The molecular formula is C19H22N2O5. The van der Waals surface area contributed by atoms with Crippen molar-refractivity contribution < 1.29 is 24.2 Å². The van der Waals surface area contributed by atoms with Crippen LogP contribution in [0.3, 0.4) is 0 Å². The zero-order valence-corrected chi connectivity index (χ0v) is 14.8. The third-order valence-corrected chi connectivity index (χ3v) is 3.50. The predicted octanol–water partition coefficient (Wildman–Crippen LogP) is 3.01. The summed E-state index contributed by atoms with van der Waals surface area (Å²) in [6, 6.07) is 12.2. The van der Waals surface area contributed by atoms with Gasteiger partial charge in [0.05, 0.1) is 0 Å². The molecule has 0 aliphatic carbocycles. The smallest absolute Gasteiger partial charge is 0.303 e. The Bertz CT molecular complexity index is 729. The van der Waals surface area contributed by atoms with E-state index in [1.807, 2.05) is 6.07 Å². The monoisotopic (exact) mass is 358 g/mol. The van der Waals surface area contributed by atoms with E-state index in [0.717, 1.165) is 0 Å². The lowest BCUT2D eigenvalue weighted by atomic mass is 9.98. The number of carbonyl (C=O) groups excluding carboxylic acids is 1. The Kier molecular flexibility index (Phi) is 6.54. The summed E-state index contributed by atoms with van der Waals surface area (Å²) in [7, 11) is 0. The van der Waals surface area contributed by atoms with Crippen LogP contribution in [0.2, 0.25) is 0 Å². The van der Waals surface area contributed by atoms with Crippen molar-refractivity contribution in [2.24, 2.45) is 0 Å². The van der Waals surface area contributed by atoms with E-state index >= 15 is 0 Å². The van der Waals surface area contributed by atoms with Crippen LogP contribution < -0.4 is 14.8 Å². The molecule has 0 unspecified atom stereocenters. The second-order valence-electron chi connectivity index (χ2n) is 6.36. The molecule has 1 heterocycles. The van der Waals surface area contributed by atoms with Gasteiger partial charge in [0.15, 0.2) is 6.61 Å². The zero-order valence-electron chi connectivity index (χ0n) is 14.8. The van der Waals surface area contributed by atoms with E-state index in [1.165, 1.54) is 0 Å². The van der Waals surface area contributed by atoms with Crippen LogP contribution in [0, 0.1) is 0 Å². The third-order valence-electron chi connectivity index (χ3n) is 3.50. The zero-order chi connectivity index (χ0) is 19.0. The summed E-state index contributed by atoms with van der Waals surface area (Å²) in [6.45, 7) is 3.39. The van der Waals surface area contributed by atoms with Crippen molar-refractivity contribution in [3.8, 4) is 17.4 Å². The van der Waals surface area contributed by atoms with E-state index in [1.54, 1.807) is 56.4 Å². The molecule has 7 nitrogen and oxygen atoms in total. The first-order chi connectivity index (χ1) is 12.3. The second kappa shape index (κ2) is 8.84. The molecule has 7 heteroatoms. The number of nitrogens with zero attached hydrogens (tertiary/aromatic N) is 1. The lowest BCUT2D eigenvalue weighted by Gasteiger charge is -2.25. The lowest BCUT2D eigenvalue weighted by Crippen LogP contribution is -2.45. The van der Waals surface area contributed by atoms with Crippen molar-refractivity contribution in [2.75, 3.05) is 6.61 Å². The van der Waals surface area contributed by atoms with Crippen LogP contribution in [-0.4, -0.2) is 34.1 Å². The fraction of sp³-hybridized carbons (Fsp3) is 0.316. The quantitative estimate of drug-likeness (QED) is 0.715. The summed E-state index contributed by atoms with van der Waals surface area (Å²) >= 11 is 0. The van der Waals surface area contributed by atoms with Crippen LogP contribution >= 0.6 is 0 Å². The number of amides is 1. The molecule has 1 aromatic carbocycles. The van der Waals surface area contributed by atoms with Gasteiger partial charge in [0.1, 0.15) is 11.5 Å². The molecule has 0 bridgehead atoms. The topological polar surface area (TPSA) is 97.8 Å². The van der Waals surface area contributed by atoms with Crippen LogP contribution in [-0.2, 0) is 9.59 Å². The van der Waals surface area contributed by atoms with Crippen LogP contribution in [0.25, 0.3) is 0 Å². The number of aromatic nitrogens is 1. The van der Waals surface area contributed by atoms with E-state index in [9.17, 15) is 9.59 Å². The Balaban J connectivity index is 1.80. The maximum absolute atomic E-state index is 12.0. The Hall–Kier alpha value is -3.09. The van der Waals surface area contributed by atoms with Crippen LogP contribution in [0.1, 0.15) is 26.7 Å². The highest BCUT2D eigenvalue weighted by atomic mass is 16.5. The number of aliphatic carboxylic acids is 1. The molecule has 0 aliphatic rings. The van der Waals surface area contributed by atoms with Crippen LogP contribution in [0.4, 0.5) is 0 Å². The van der Waals surface area contributed by atoms with Gasteiger partial charge in [0.25, 0.3) is 5.91 Å². The number of hydrogen-bond acceptors (Lipinski definition) is 5. The molecule has 2 rings (SSSR count). The van der Waals surface area contributed by atoms with Gasteiger partial charge in [-0.2, -0.15) is 0 Å². The highest BCUT2D eigenvalue weighted by Crippen LogP contribution is 2.22. The van der Waals surface area contributed by atoms with Crippen molar-refractivity contribution in [1.82, 2.24) is 10.3 Å². The van der Waals surface area contributed by atoms with Crippen LogP contribution in [0.15, 0.2) is 48.7 Å². The fourth-order valence-corrected chi connectivity index (χ4v) is 2.18. The predicted molar refractivity (Wildman–Crippen MR) is 95.3 cm³/mol. The van der Waals surface area contributed by atoms with Crippen molar-refractivity contribution in [2.45, 2.75) is 32.2 Å². The summed E-state index contributed by atoms with van der Waals surface area (Å²) in [4.78, 5) is 26.7. The number of benzene rings is 1. The third kappa shape index (κ3) is 6.80. The minimum atomic E-state index is -0.892. The van der Waals surface area contributed by atoms with Gasteiger partial charge in [-0.05, 0) is 50.6 Å². The lowest BCUT2D eigenvalue weighted by molar-refractivity contribution is -0.138. The molecule has 0 spiro atoms. The highest BCUT2D eigenvalue weighted by molar-refractivity contribution is 5.78. The van der Waals surface area contributed by atoms with Crippen molar-refractivity contribution in [1.29, 1.82) is 0 Å². The van der Waals surface area contributed by atoms with Gasteiger partial charge < -0.3 is 19.9 Å². The number of hydrogen-bond donors (Lipinski definition) is 2. The van der Waals surface area contributed by atoms with Crippen molar-refractivity contribution in [3.05, 3.63) is 48.7 Å². The molecule has 26 heavy (non-hydrogen) atoms. The van der Waals surface area contributed by atoms with Crippen molar-refractivity contribution in [3.63, 3.8) is 0 Å².